The maximum absolute atomic E-state index is 13.2. The smallest absolute Gasteiger partial charge is 0.202 e. The summed E-state index contributed by atoms with van der Waals surface area (Å²) in [7, 11) is 0. The molecule has 76 valence electrons. The molecule has 0 aromatic heterocycles. The molecule has 4 heteroatoms. The fourth-order valence-electron chi connectivity index (χ4n) is 0.992. The Hall–Kier alpha value is -0.770. The highest BCUT2D eigenvalue weighted by molar-refractivity contribution is 9.10. The number of ketones is 1. The molecule has 1 aromatic rings. The van der Waals surface area contributed by atoms with Gasteiger partial charge in [0.2, 0.25) is 5.78 Å². The first kappa shape index (κ1) is 11.3. The van der Waals surface area contributed by atoms with Crippen molar-refractivity contribution in [1.82, 2.24) is 0 Å². The summed E-state index contributed by atoms with van der Waals surface area (Å²) in [6.45, 7) is 2.21. The number of rotatable bonds is 2. The molecule has 0 saturated heterocycles. The van der Waals surface area contributed by atoms with Crippen LogP contribution in [0.25, 0.3) is 0 Å². The van der Waals surface area contributed by atoms with Crippen molar-refractivity contribution in [2.24, 2.45) is 0 Å². The van der Waals surface area contributed by atoms with Crippen LogP contribution < -0.4 is 0 Å². The van der Waals surface area contributed by atoms with Gasteiger partial charge < -0.3 is 0 Å². The lowest BCUT2D eigenvalue weighted by atomic mass is 9.98. The van der Waals surface area contributed by atoms with E-state index in [1.165, 1.54) is 12.1 Å². The normalized spacial score (nSPS) is 11.5. The van der Waals surface area contributed by atoms with Gasteiger partial charge >= 0.3 is 0 Å². The van der Waals surface area contributed by atoms with Crippen LogP contribution in [0.3, 0.4) is 0 Å². The maximum atomic E-state index is 13.2. The van der Waals surface area contributed by atoms with Gasteiger partial charge in [0.15, 0.2) is 5.67 Å². The van der Waals surface area contributed by atoms with E-state index in [9.17, 15) is 13.6 Å². The van der Waals surface area contributed by atoms with Crippen molar-refractivity contribution in [2.75, 3.05) is 0 Å². The summed E-state index contributed by atoms with van der Waals surface area (Å²) in [5, 5.41) is 0. The lowest BCUT2D eigenvalue weighted by Gasteiger charge is -2.13. The van der Waals surface area contributed by atoms with E-state index in [1.54, 1.807) is 0 Å². The monoisotopic (exact) mass is 262 g/mol. The Morgan fingerprint density at radius 3 is 2.50 bits per heavy atom. The average Bonchev–Trinajstić information content (AvgIpc) is 2.06. The number of halogens is 3. The molecule has 0 radical (unpaired) electrons. The van der Waals surface area contributed by atoms with Gasteiger partial charge in [0.05, 0.1) is 5.56 Å². The summed E-state index contributed by atoms with van der Waals surface area (Å²) in [6, 6.07) is 3.86. The highest BCUT2D eigenvalue weighted by Gasteiger charge is 2.29. The third-order valence-electron chi connectivity index (χ3n) is 1.71. The molecule has 0 atom stereocenters. The average molecular weight is 263 g/mol. The van der Waals surface area contributed by atoms with Gasteiger partial charge in [-0.3, -0.25) is 4.79 Å². The van der Waals surface area contributed by atoms with Crippen molar-refractivity contribution >= 4 is 21.7 Å². The molecule has 0 spiro atoms. The second-order valence-electron chi connectivity index (χ2n) is 3.43. The largest absolute Gasteiger partial charge is 0.290 e. The summed E-state index contributed by atoms with van der Waals surface area (Å²) >= 11 is 3.09. The van der Waals surface area contributed by atoms with Crippen LogP contribution in [0.4, 0.5) is 8.78 Å². The third kappa shape index (κ3) is 2.38. The van der Waals surface area contributed by atoms with E-state index in [0.717, 1.165) is 19.9 Å². The molecule has 0 amide bonds. The highest BCUT2D eigenvalue weighted by atomic mass is 79.9. The van der Waals surface area contributed by atoms with E-state index in [0.29, 0.717) is 4.47 Å². The minimum atomic E-state index is -2.05. The van der Waals surface area contributed by atoms with Crippen LogP contribution in [0.15, 0.2) is 22.7 Å². The topological polar surface area (TPSA) is 17.1 Å². The van der Waals surface area contributed by atoms with Crippen molar-refractivity contribution < 1.29 is 13.6 Å². The predicted octanol–water partition coefficient (Wildman–Crippen LogP) is 3.52. The number of Topliss-reactive ketones (excluding diaryl/α,β-unsaturated/α-hetero) is 1. The standard InChI is InChI=1S/C10H9BrF2O/c1-10(2,13)9(14)7-5-6(11)3-4-8(7)12/h3-5H,1-2H3. The van der Waals surface area contributed by atoms with Crippen molar-refractivity contribution in [2.45, 2.75) is 19.5 Å². The second-order valence-corrected chi connectivity index (χ2v) is 4.34. The van der Waals surface area contributed by atoms with Gasteiger partial charge in [0.25, 0.3) is 0 Å². The zero-order valence-electron chi connectivity index (χ0n) is 7.77. The van der Waals surface area contributed by atoms with Gasteiger partial charge in [0.1, 0.15) is 5.82 Å². The number of alkyl halides is 1. The summed E-state index contributed by atoms with van der Waals surface area (Å²) in [6.07, 6.45) is 0. The van der Waals surface area contributed by atoms with Gasteiger partial charge in [-0.1, -0.05) is 15.9 Å². The Morgan fingerprint density at radius 2 is 2.00 bits per heavy atom. The fraction of sp³-hybridized carbons (Fsp3) is 0.300. The number of hydrogen-bond donors (Lipinski definition) is 0. The van der Waals surface area contributed by atoms with Crippen molar-refractivity contribution in [3.8, 4) is 0 Å². The van der Waals surface area contributed by atoms with Crippen LogP contribution in [0.1, 0.15) is 24.2 Å². The first-order valence-electron chi connectivity index (χ1n) is 4.01. The van der Waals surface area contributed by atoms with E-state index < -0.39 is 17.3 Å². The first-order chi connectivity index (χ1) is 6.32. The van der Waals surface area contributed by atoms with Gasteiger partial charge in [0, 0.05) is 4.47 Å². The Kier molecular flexibility index (Phi) is 3.04. The Labute approximate surface area is 89.3 Å². The number of carbonyl (C=O) groups is 1. The van der Waals surface area contributed by atoms with Gasteiger partial charge in [-0.05, 0) is 32.0 Å². The number of hydrogen-bond acceptors (Lipinski definition) is 1. The first-order valence-corrected chi connectivity index (χ1v) is 4.80. The fourth-order valence-corrected chi connectivity index (χ4v) is 1.35. The molecule has 0 heterocycles. The highest BCUT2D eigenvalue weighted by Crippen LogP contribution is 2.22. The van der Waals surface area contributed by atoms with Gasteiger partial charge in [-0.25, -0.2) is 8.78 Å². The zero-order valence-corrected chi connectivity index (χ0v) is 9.36. The third-order valence-corrected chi connectivity index (χ3v) is 2.21. The SMILES string of the molecule is CC(C)(F)C(=O)c1cc(Br)ccc1F. The summed E-state index contributed by atoms with van der Waals surface area (Å²) < 4.78 is 26.9. The van der Waals surface area contributed by atoms with Crippen LogP contribution in [0.5, 0.6) is 0 Å². The summed E-state index contributed by atoms with van der Waals surface area (Å²) in [5.41, 5.74) is -2.28. The van der Waals surface area contributed by atoms with Crippen molar-refractivity contribution in [3.63, 3.8) is 0 Å². The summed E-state index contributed by atoms with van der Waals surface area (Å²) in [5.74, 6) is -1.56. The van der Waals surface area contributed by atoms with E-state index in [4.69, 9.17) is 0 Å². The van der Waals surface area contributed by atoms with E-state index in [1.807, 2.05) is 0 Å². The van der Waals surface area contributed by atoms with Crippen LogP contribution in [0.2, 0.25) is 0 Å². The molecule has 0 saturated carbocycles. The molecule has 1 rings (SSSR count). The molecule has 0 bridgehead atoms. The van der Waals surface area contributed by atoms with Crippen LogP contribution in [0, 0.1) is 5.82 Å². The molecule has 0 unspecified atom stereocenters. The molecule has 1 aromatic carbocycles. The molecule has 0 aliphatic carbocycles. The molecule has 1 nitrogen and oxygen atoms in total. The lowest BCUT2D eigenvalue weighted by molar-refractivity contribution is 0.0755. The predicted molar refractivity (Wildman–Crippen MR) is 53.6 cm³/mol. The van der Waals surface area contributed by atoms with Crippen LogP contribution in [-0.2, 0) is 0 Å². The molecular weight excluding hydrogens is 254 g/mol. The summed E-state index contributed by atoms with van der Waals surface area (Å²) in [4.78, 5) is 11.4. The molecule has 0 aliphatic rings. The maximum Gasteiger partial charge on any atom is 0.202 e. The van der Waals surface area contributed by atoms with Gasteiger partial charge in [-0.15, -0.1) is 0 Å². The number of carbonyl (C=O) groups excluding carboxylic acids is 1. The number of benzene rings is 1. The second kappa shape index (κ2) is 3.77. The lowest BCUT2D eigenvalue weighted by Crippen LogP contribution is -2.26. The van der Waals surface area contributed by atoms with E-state index >= 15 is 0 Å². The van der Waals surface area contributed by atoms with E-state index in [-0.39, 0.29) is 5.56 Å². The zero-order chi connectivity index (χ0) is 10.9. The van der Waals surface area contributed by atoms with Gasteiger partial charge in [-0.2, -0.15) is 0 Å². The molecule has 0 N–H and O–H groups in total. The van der Waals surface area contributed by atoms with Crippen molar-refractivity contribution in [1.29, 1.82) is 0 Å². The molecule has 0 fully saturated rings. The minimum Gasteiger partial charge on any atom is -0.290 e. The van der Waals surface area contributed by atoms with Crippen LogP contribution >= 0.6 is 15.9 Å². The molecular formula is C10H9BrF2O. The quantitative estimate of drug-likeness (QED) is 0.746. The Morgan fingerprint density at radius 1 is 1.43 bits per heavy atom. The van der Waals surface area contributed by atoms with Crippen molar-refractivity contribution in [3.05, 3.63) is 34.1 Å². The minimum absolute atomic E-state index is 0.230. The van der Waals surface area contributed by atoms with Crippen LogP contribution in [-0.4, -0.2) is 11.5 Å². The molecule has 0 aliphatic heterocycles. The Balaban J connectivity index is 3.19. The molecule has 14 heavy (non-hydrogen) atoms. The van der Waals surface area contributed by atoms with E-state index in [2.05, 4.69) is 15.9 Å². The Bertz CT molecular complexity index is 369.